The maximum atomic E-state index is 11.0. The lowest BCUT2D eigenvalue weighted by molar-refractivity contribution is -0.107. The highest BCUT2D eigenvalue weighted by Gasteiger charge is 2.17. The molecule has 0 aromatic carbocycles. The monoisotopic (exact) mass is 215 g/mol. The molecule has 0 aromatic heterocycles. The van der Waals surface area contributed by atoms with E-state index in [1.165, 1.54) is 17.8 Å². The predicted molar refractivity (Wildman–Crippen MR) is 59.5 cm³/mol. The van der Waals surface area contributed by atoms with Crippen LogP contribution in [0.3, 0.4) is 0 Å². The van der Waals surface area contributed by atoms with Gasteiger partial charge < -0.3 is 4.74 Å². The molecule has 0 aliphatic carbocycles. The lowest BCUT2D eigenvalue weighted by atomic mass is 10.3. The summed E-state index contributed by atoms with van der Waals surface area (Å²) in [4.78, 5) is 13.4. The molecule has 4 heteroatoms. The fourth-order valence-electron chi connectivity index (χ4n) is 1.39. The second kappa shape index (κ2) is 6.22. The van der Waals surface area contributed by atoms with Crippen LogP contribution in [0.25, 0.3) is 0 Å². The summed E-state index contributed by atoms with van der Waals surface area (Å²) in [5.41, 5.74) is 0. The highest BCUT2D eigenvalue weighted by molar-refractivity contribution is 8.14. The molecule has 1 heterocycles. The fourth-order valence-corrected chi connectivity index (χ4v) is 2.12. The second-order valence-corrected chi connectivity index (χ2v) is 4.36. The Morgan fingerprint density at radius 2 is 2.29 bits per heavy atom. The smallest absolute Gasteiger partial charge is 0.211 e. The molecule has 0 radical (unpaired) electrons. The molecule has 1 rings (SSSR count). The van der Waals surface area contributed by atoms with Crippen LogP contribution in [0.5, 0.6) is 0 Å². The molecule has 80 valence electrons. The van der Waals surface area contributed by atoms with Crippen molar-refractivity contribution in [3.63, 3.8) is 0 Å². The summed E-state index contributed by atoms with van der Waals surface area (Å²) in [6.07, 6.45) is 1.37. The van der Waals surface area contributed by atoms with Gasteiger partial charge in [-0.25, -0.2) is 0 Å². The van der Waals surface area contributed by atoms with Crippen molar-refractivity contribution in [2.24, 2.45) is 0 Å². The van der Waals surface area contributed by atoms with E-state index in [2.05, 4.69) is 18.4 Å². The van der Waals surface area contributed by atoms with E-state index < -0.39 is 0 Å². The van der Waals surface area contributed by atoms with Crippen molar-refractivity contribution in [3.8, 4) is 0 Å². The quantitative estimate of drug-likeness (QED) is 0.658. The zero-order chi connectivity index (χ0) is 10.4. The van der Waals surface area contributed by atoms with Crippen LogP contribution in [0, 0.1) is 0 Å². The van der Waals surface area contributed by atoms with E-state index >= 15 is 0 Å². The van der Waals surface area contributed by atoms with Crippen LogP contribution >= 0.6 is 11.8 Å². The Hall–Kier alpha value is -0.320. The molecular weight excluding hydrogens is 198 g/mol. The Morgan fingerprint density at radius 1 is 1.64 bits per heavy atom. The molecule has 0 aromatic rings. The third-order valence-corrected chi connectivity index (χ3v) is 3.40. The molecule has 1 saturated heterocycles. The summed E-state index contributed by atoms with van der Waals surface area (Å²) in [7, 11) is 0. The summed E-state index contributed by atoms with van der Waals surface area (Å²) in [5, 5.41) is 0.0603. The maximum Gasteiger partial charge on any atom is 0.211 e. The summed E-state index contributed by atoms with van der Waals surface area (Å²) in [5.74, 6) is 0.838. The largest absolute Gasteiger partial charge is 0.379 e. The first kappa shape index (κ1) is 11.8. The summed E-state index contributed by atoms with van der Waals surface area (Å²) >= 11 is 1.34. The molecule has 0 spiro atoms. The van der Waals surface area contributed by atoms with Gasteiger partial charge in [0.25, 0.3) is 0 Å². The number of carbonyl (C=O) groups excluding carboxylic acids is 1. The van der Waals surface area contributed by atoms with E-state index in [1.807, 2.05) is 0 Å². The van der Waals surface area contributed by atoms with Gasteiger partial charge in [0, 0.05) is 24.9 Å². The predicted octanol–water partition coefficient (Wildman–Crippen LogP) is 1.15. The van der Waals surface area contributed by atoms with Gasteiger partial charge in [0.1, 0.15) is 0 Å². The second-order valence-electron chi connectivity index (χ2n) is 3.33. The van der Waals surface area contributed by atoms with Gasteiger partial charge in [-0.3, -0.25) is 9.69 Å². The Balaban J connectivity index is 2.22. The van der Waals surface area contributed by atoms with Crippen molar-refractivity contribution < 1.29 is 9.53 Å². The van der Waals surface area contributed by atoms with Crippen LogP contribution in [0.2, 0.25) is 0 Å². The first-order valence-corrected chi connectivity index (χ1v) is 5.83. The standard InChI is InChI=1S/C10H17NO2S/c1-3-10(12)14-8-9(2)11-4-6-13-7-5-11/h3,9H,1,4-8H2,2H3. The molecule has 1 aliphatic heterocycles. The zero-order valence-electron chi connectivity index (χ0n) is 8.57. The van der Waals surface area contributed by atoms with Gasteiger partial charge >= 0.3 is 0 Å². The molecule has 0 bridgehead atoms. The average Bonchev–Trinajstić information content (AvgIpc) is 2.26. The average molecular weight is 215 g/mol. The highest BCUT2D eigenvalue weighted by atomic mass is 32.2. The van der Waals surface area contributed by atoms with E-state index in [4.69, 9.17) is 4.74 Å². The van der Waals surface area contributed by atoms with Crippen molar-refractivity contribution >= 4 is 16.9 Å². The van der Waals surface area contributed by atoms with Crippen LogP contribution in [0.1, 0.15) is 6.92 Å². The first-order chi connectivity index (χ1) is 6.74. The molecule has 14 heavy (non-hydrogen) atoms. The van der Waals surface area contributed by atoms with E-state index in [0.29, 0.717) is 6.04 Å². The van der Waals surface area contributed by atoms with Crippen molar-refractivity contribution in [1.82, 2.24) is 4.90 Å². The normalized spacial score (nSPS) is 20.4. The molecule has 0 N–H and O–H groups in total. The Labute approximate surface area is 89.5 Å². The topological polar surface area (TPSA) is 29.5 Å². The number of morpholine rings is 1. The number of hydrogen-bond donors (Lipinski definition) is 0. The third kappa shape index (κ3) is 3.82. The number of nitrogens with zero attached hydrogens (tertiary/aromatic N) is 1. The molecule has 1 unspecified atom stereocenters. The highest BCUT2D eigenvalue weighted by Crippen LogP contribution is 2.11. The fraction of sp³-hybridized carbons (Fsp3) is 0.700. The van der Waals surface area contributed by atoms with Crippen molar-refractivity contribution in [3.05, 3.63) is 12.7 Å². The van der Waals surface area contributed by atoms with Crippen LogP contribution in [0.15, 0.2) is 12.7 Å². The molecule has 0 amide bonds. The van der Waals surface area contributed by atoms with Crippen molar-refractivity contribution in [2.45, 2.75) is 13.0 Å². The number of rotatable bonds is 4. The van der Waals surface area contributed by atoms with Gasteiger partial charge in [0.05, 0.1) is 13.2 Å². The van der Waals surface area contributed by atoms with E-state index in [-0.39, 0.29) is 5.12 Å². The Bertz CT molecular complexity index is 202. The zero-order valence-corrected chi connectivity index (χ0v) is 9.39. The minimum Gasteiger partial charge on any atom is -0.379 e. The molecular formula is C10H17NO2S. The van der Waals surface area contributed by atoms with E-state index in [1.54, 1.807) is 0 Å². The van der Waals surface area contributed by atoms with Gasteiger partial charge in [0.2, 0.25) is 5.12 Å². The molecule has 0 saturated carbocycles. The minimum atomic E-state index is 0.0603. The maximum absolute atomic E-state index is 11.0. The Kier molecular flexibility index (Phi) is 5.22. The minimum absolute atomic E-state index is 0.0603. The summed E-state index contributed by atoms with van der Waals surface area (Å²) in [6, 6.07) is 0.438. The molecule has 1 fully saturated rings. The molecule has 1 atom stereocenters. The van der Waals surface area contributed by atoms with Gasteiger partial charge in [-0.1, -0.05) is 18.3 Å². The van der Waals surface area contributed by atoms with Crippen LogP contribution in [-0.2, 0) is 9.53 Å². The number of carbonyl (C=O) groups is 1. The number of hydrogen-bond acceptors (Lipinski definition) is 4. The van der Waals surface area contributed by atoms with E-state index in [0.717, 1.165) is 32.1 Å². The number of thioether (sulfide) groups is 1. The van der Waals surface area contributed by atoms with Crippen molar-refractivity contribution in [1.29, 1.82) is 0 Å². The van der Waals surface area contributed by atoms with E-state index in [9.17, 15) is 4.79 Å². The van der Waals surface area contributed by atoms with Gasteiger partial charge in [-0.2, -0.15) is 0 Å². The molecule has 1 aliphatic rings. The van der Waals surface area contributed by atoms with Crippen LogP contribution < -0.4 is 0 Å². The van der Waals surface area contributed by atoms with Crippen molar-refractivity contribution in [2.75, 3.05) is 32.1 Å². The lowest BCUT2D eigenvalue weighted by Gasteiger charge is -2.31. The van der Waals surface area contributed by atoms with Gasteiger partial charge in [-0.15, -0.1) is 0 Å². The van der Waals surface area contributed by atoms with Crippen LogP contribution in [-0.4, -0.2) is 48.1 Å². The third-order valence-electron chi connectivity index (χ3n) is 2.30. The van der Waals surface area contributed by atoms with Crippen LogP contribution in [0.4, 0.5) is 0 Å². The first-order valence-electron chi connectivity index (χ1n) is 4.85. The molecule has 3 nitrogen and oxygen atoms in total. The summed E-state index contributed by atoms with van der Waals surface area (Å²) < 4.78 is 5.27. The van der Waals surface area contributed by atoms with Gasteiger partial charge in [-0.05, 0) is 13.0 Å². The number of ether oxygens (including phenoxy) is 1. The van der Waals surface area contributed by atoms with Gasteiger partial charge in [0.15, 0.2) is 0 Å². The Morgan fingerprint density at radius 3 is 2.86 bits per heavy atom. The lowest BCUT2D eigenvalue weighted by Crippen LogP contribution is -2.43. The SMILES string of the molecule is C=CC(=O)SCC(C)N1CCOCC1. The summed E-state index contributed by atoms with van der Waals surface area (Å²) in [6.45, 7) is 9.17.